The Balaban J connectivity index is 2.56. The van der Waals surface area contributed by atoms with Crippen LogP contribution >= 0.6 is 11.8 Å². The highest BCUT2D eigenvalue weighted by Crippen LogP contribution is 2.55. The number of halogens is 4. The van der Waals surface area contributed by atoms with E-state index in [4.69, 9.17) is 0 Å². The highest BCUT2D eigenvalue weighted by Gasteiger charge is 2.49. The van der Waals surface area contributed by atoms with Crippen molar-refractivity contribution >= 4 is 11.8 Å². The number of alkyl halides is 4. The van der Waals surface area contributed by atoms with E-state index in [9.17, 15) is 22.7 Å². The zero-order chi connectivity index (χ0) is 11.2. The highest BCUT2D eigenvalue weighted by atomic mass is 32.2. The summed E-state index contributed by atoms with van der Waals surface area (Å²) < 4.78 is 51.0. The second kappa shape index (κ2) is 3.38. The Bertz CT molecular complexity index is 394. The SMILES string of the molecule is OC1c2c(cccc2C(F)F)SC1(F)F. The van der Waals surface area contributed by atoms with Crippen LogP contribution in [0, 0.1) is 0 Å². The summed E-state index contributed by atoms with van der Waals surface area (Å²) in [6.45, 7) is 0. The third-order valence-corrected chi connectivity index (χ3v) is 3.24. The first kappa shape index (κ1) is 10.8. The Labute approximate surface area is 87.1 Å². The van der Waals surface area contributed by atoms with Gasteiger partial charge in [0, 0.05) is 16.0 Å². The highest BCUT2D eigenvalue weighted by molar-refractivity contribution is 8.00. The van der Waals surface area contributed by atoms with Gasteiger partial charge >= 0.3 is 5.25 Å². The van der Waals surface area contributed by atoms with Crippen LogP contribution in [-0.2, 0) is 0 Å². The summed E-state index contributed by atoms with van der Waals surface area (Å²) in [5, 5.41) is 5.81. The Morgan fingerprint density at radius 3 is 2.60 bits per heavy atom. The van der Waals surface area contributed by atoms with Crippen molar-refractivity contribution in [1.82, 2.24) is 0 Å². The molecule has 0 saturated carbocycles. The van der Waals surface area contributed by atoms with Gasteiger partial charge in [0.15, 0.2) is 6.10 Å². The number of hydrogen-bond acceptors (Lipinski definition) is 2. The minimum Gasteiger partial charge on any atom is -0.381 e. The molecule has 0 spiro atoms. The fourth-order valence-electron chi connectivity index (χ4n) is 1.50. The van der Waals surface area contributed by atoms with Gasteiger partial charge in [0.05, 0.1) is 0 Å². The van der Waals surface area contributed by atoms with Gasteiger partial charge < -0.3 is 5.11 Å². The molecule has 1 atom stereocenters. The van der Waals surface area contributed by atoms with Crippen molar-refractivity contribution in [1.29, 1.82) is 0 Å². The molecule has 0 amide bonds. The largest absolute Gasteiger partial charge is 0.381 e. The molecule has 2 rings (SSSR count). The van der Waals surface area contributed by atoms with Gasteiger partial charge in [-0.15, -0.1) is 0 Å². The molecule has 15 heavy (non-hydrogen) atoms. The van der Waals surface area contributed by atoms with E-state index in [2.05, 4.69) is 0 Å². The molecule has 0 bridgehead atoms. The lowest BCUT2D eigenvalue weighted by Crippen LogP contribution is -2.17. The normalized spacial score (nSPS) is 23.2. The fourth-order valence-corrected chi connectivity index (χ4v) is 2.51. The average Bonchev–Trinajstić information content (AvgIpc) is 2.37. The zero-order valence-corrected chi connectivity index (χ0v) is 8.07. The Morgan fingerprint density at radius 2 is 2.00 bits per heavy atom. The van der Waals surface area contributed by atoms with Crippen molar-refractivity contribution in [3.63, 3.8) is 0 Å². The predicted molar refractivity (Wildman–Crippen MR) is 47.2 cm³/mol. The van der Waals surface area contributed by atoms with E-state index >= 15 is 0 Å². The number of benzene rings is 1. The first-order valence-electron chi connectivity index (χ1n) is 4.09. The van der Waals surface area contributed by atoms with Gasteiger partial charge in [0.2, 0.25) is 0 Å². The maximum Gasteiger partial charge on any atom is 0.327 e. The van der Waals surface area contributed by atoms with E-state index in [-0.39, 0.29) is 22.2 Å². The van der Waals surface area contributed by atoms with E-state index in [0.717, 1.165) is 6.07 Å². The quantitative estimate of drug-likeness (QED) is 0.757. The molecule has 1 aromatic carbocycles. The average molecular weight is 238 g/mol. The molecule has 1 aliphatic rings. The molecule has 0 aliphatic carbocycles. The second-order valence-corrected chi connectivity index (χ2v) is 4.31. The van der Waals surface area contributed by atoms with Crippen molar-refractivity contribution in [2.45, 2.75) is 22.7 Å². The Hall–Kier alpha value is -0.750. The Kier molecular flexibility index (Phi) is 2.42. The van der Waals surface area contributed by atoms with Gasteiger partial charge in [0.1, 0.15) is 0 Å². The Morgan fingerprint density at radius 1 is 1.33 bits per heavy atom. The van der Waals surface area contributed by atoms with Gasteiger partial charge in [-0.3, -0.25) is 0 Å². The minimum atomic E-state index is -3.42. The molecule has 6 heteroatoms. The number of thioether (sulfide) groups is 1. The molecule has 1 nitrogen and oxygen atoms in total. The van der Waals surface area contributed by atoms with Crippen molar-refractivity contribution in [2.24, 2.45) is 0 Å². The van der Waals surface area contributed by atoms with Crippen LogP contribution in [0.15, 0.2) is 23.1 Å². The van der Waals surface area contributed by atoms with Crippen LogP contribution in [0.25, 0.3) is 0 Å². The molecule has 0 saturated heterocycles. The maximum absolute atomic E-state index is 13.0. The summed E-state index contributed by atoms with van der Waals surface area (Å²) in [5.41, 5.74) is -0.868. The van der Waals surface area contributed by atoms with E-state index < -0.39 is 23.3 Å². The van der Waals surface area contributed by atoms with Crippen LogP contribution in [0.4, 0.5) is 17.6 Å². The summed E-state index contributed by atoms with van der Waals surface area (Å²) in [6, 6.07) is 3.63. The lowest BCUT2D eigenvalue weighted by molar-refractivity contribution is -0.0326. The molecular weight excluding hydrogens is 232 g/mol. The first-order chi connectivity index (χ1) is 6.93. The smallest absolute Gasteiger partial charge is 0.327 e. The lowest BCUT2D eigenvalue weighted by atomic mass is 10.0. The topological polar surface area (TPSA) is 20.2 Å². The van der Waals surface area contributed by atoms with Crippen LogP contribution in [0.2, 0.25) is 0 Å². The van der Waals surface area contributed by atoms with Crippen molar-refractivity contribution < 1.29 is 22.7 Å². The van der Waals surface area contributed by atoms with Crippen LogP contribution in [0.3, 0.4) is 0 Å². The summed E-state index contributed by atoms with van der Waals surface area (Å²) in [4.78, 5) is 0.0188. The number of hydrogen-bond donors (Lipinski definition) is 1. The molecule has 1 aliphatic heterocycles. The van der Waals surface area contributed by atoms with E-state index in [1.54, 1.807) is 0 Å². The van der Waals surface area contributed by atoms with Gasteiger partial charge in [-0.25, -0.2) is 8.78 Å². The molecule has 1 unspecified atom stereocenters. The molecule has 1 heterocycles. The summed E-state index contributed by atoms with van der Waals surface area (Å²) in [7, 11) is 0. The van der Waals surface area contributed by atoms with Crippen LogP contribution < -0.4 is 0 Å². The lowest BCUT2D eigenvalue weighted by Gasteiger charge is -2.14. The fraction of sp³-hybridized carbons (Fsp3) is 0.333. The maximum atomic E-state index is 13.0. The van der Waals surface area contributed by atoms with Crippen LogP contribution in [-0.4, -0.2) is 10.4 Å². The molecule has 1 N–H and O–H groups in total. The standard InChI is InChI=1S/C9H6F4OS/c10-8(11)4-2-1-3-5-6(4)7(14)9(12,13)15-5/h1-3,7-8,14H. The van der Waals surface area contributed by atoms with Crippen molar-refractivity contribution in [3.05, 3.63) is 29.3 Å². The van der Waals surface area contributed by atoms with Crippen LogP contribution in [0.1, 0.15) is 23.7 Å². The van der Waals surface area contributed by atoms with E-state index in [1.807, 2.05) is 0 Å². The first-order valence-corrected chi connectivity index (χ1v) is 4.91. The van der Waals surface area contributed by atoms with E-state index in [0.29, 0.717) is 0 Å². The number of fused-ring (bicyclic) bond motifs is 1. The molecule has 1 aromatic rings. The monoisotopic (exact) mass is 238 g/mol. The van der Waals surface area contributed by atoms with Crippen LogP contribution in [0.5, 0.6) is 0 Å². The molecule has 82 valence electrons. The second-order valence-electron chi connectivity index (χ2n) is 3.13. The summed E-state index contributed by atoms with van der Waals surface area (Å²) in [5.74, 6) is 0. The van der Waals surface area contributed by atoms with Crippen molar-refractivity contribution in [2.75, 3.05) is 0 Å². The number of rotatable bonds is 1. The predicted octanol–water partition coefficient (Wildman–Crippen LogP) is 3.36. The minimum absolute atomic E-state index is 0.0188. The van der Waals surface area contributed by atoms with Gasteiger partial charge in [-0.2, -0.15) is 8.78 Å². The molecule has 0 radical (unpaired) electrons. The van der Waals surface area contributed by atoms with Gasteiger partial charge in [-0.1, -0.05) is 12.1 Å². The van der Waals surface area contributed by atoms with Crippen molar-refractivity contribution in [3.8, 4) is 0 Å². The molecular formula is C9H6F4OS. The number of aliphatic hydroxyl groups is 1. The summed E-state index contributed by atoms with van der Waals surface area (Å²) >= 11 is 0.116. The molecule has 0 fully saturated rings. The van der Waals surface area contributed by atoms with Gasteiger partial charge in [0.25, 0.3) is 6.43 Å². The van der Waals surface area contributed by atoms with Gasteiger partial charge in [-0.05, 0) is 17.8 Å². The summed E-state index contributed by atoms with van der Waals surface area (Å²) in [6.07, 6.45) is -5.01. The number of aliphatic hydroxyl groups excluding tert-OH is 1. The zero-order valence-electron chi connectivity index (χ0n) is 7.25. The van der Waals surface area contributed by atoms with E-state index in [1.165, 1.54) is 12.1 Å². The third-order valence-electron chi connectivity index (χ3n) is 2.17. The molecule has 0 aromatic heterocycles. The third kappa shape index (κ3) is 1.61.